The van der Waals surface area contributed by atoms with Crippen LogP contribution >= 0.6 is 0 Å². The molecular weight excluding hydrogens is 514 g/mol. The third-order valence-electron chi connectivity index (χ3n) is 8.52. The summed E-state index contributed by atoms with van der Waals surface area (Å²) in [5.74, 6) is -0.497. The molecule has 4 rings (SSSR count). The SMILES string of the molecule is CCCC1CCC(c2ccc(OC(F)(F)c3ccc(/C=C/C4CCC(C)CC4)c(C(F)(F)F)c3F)cc2)CC1. The van der Waals surface area contributed by atoms with E-state index in [1.807, 2.05) is 0 Å². The minimum atomic E-state index is -5.14. The van der Waals surface area contributed by atoms with Crippen LogP contribution in [0.4, 0.5) is 26.3 Å². The van der Waals surface area contributed by atoms with Gasteiger partial charge in [0.25, 0.3) is 0 Å². The van der Waals surface area contributed by atoms with Gasteiger partial charge in [-0.1, -0.05) is 69.9 Å². The third-order valence-corrected chi connectivity index (χ3v) is 8.52. The number of alkyl halides is 5. The molecule has 1 nitrogen and oxygen atoms in total. The molecule has 7 heteroatoms. The highest BCUT2D eigenvalue weighted by Gasteiger charge is 2.44. The van der Waals surface area contributed by atoms with Crippen LogP contribution in [0.1, 0.15) is 106 Å². The van der Waals surface area contributed by atoms with E-state index in [0.717, 1.165) is 68.9 Å². The number of ether oxygens (including phenoxy) is 1. The Morgan fingerprint density at radius 1 is 0.846 bits per heavy atom. The van der Waals surface area contributed by atoms with Gasteiger partial charge in [-0.15, -0.1) is 0 Å². The van der Waals surface area contributed by atoms with Gasteiger partial charge < -0.3 is 4.74 Å². The molecule has 2 saturated carbocycles. The van der Waals surface area contributed by atoms with Crippen LogP contribution in [0.3, 0.4) is 0 Å². The number of halogens is 6. The van der Waals surface area contributed by atoms with E-state index in [1.165, 1.54) is 31.1 Å². The lowest BCUT2D eigenvalue weighted by Crippen LogP contribution is -2.25. The summed E-state index contributed by atoms with van der Waals surface area (Å²) in [6.07, 6.45) is 3.78. The average molecular weight is 553 g/mol. The molecule has 2 aliphatic carbocycles. The van der Waals surface area contributed by atoms with E-state index in [-0.39, 0.29) is 11.7 Å². The molecular formula is C32H38F6O. The Morgan fingerprint density at radius 2 is 1.49 bits per heavy atom. The van der Waals surface area contributed by atoms with Gasteiger partial charge in [0.1, 0.15) is 17.1 Å². The smallest absolute Gasteiger partial charge is 0.429 e. The molecule has 0 spiro atoms. The average Bonchev–Trinajstić information content (AvgIpc) is 2.88. The Bertz CT molecular complexity index is 1100. The van der Waals surface area contributed by atoms with Crippen molar-refractivity contribution in [3.8, 4) is 5.75 Å². The Labute approximate surface area is 227 Å². The van der Waals surface area contributed by atoms with Crippen molar-refractivity contribution in [2.45, 2.75) is 96.3 Å². The Hall–Kier alpha value is -2.44. The van der Waals surface area contributed by atoms with Crippen LogP contribution in [0.15, 0.2) is 42.5 Å². The molecule has 2 fully saturated rings. The van der Waals surface area contributed by atoms with Crippen LogP contribution < -0.4 is 4.74 Å². The molecule has 0 aromatic heterocycles. The van der Waals surface area contributed by atoms with Crippen LogP contribution in [0, 0.1) is 23.6 Å². The van der Waals surface area contributed by atoms with Gasteiger partial charge in [0.05, 0.1) is 5.56 Å². The van der Waals surface area contributed by atoms with Crippen molar-refractivity contribution in [1.29, 1.82) is 0 Å². The van der Waals surface area contributed by atoms with Crippen LogP contribution in [-0.2, 0) is 12.3 Å². The molecule has 0 aliphatic heterocycles. The number of hydrogen-bond donors (Lipinski definition) is 0. The van der Waals surface area contributed by atoms with E-state index in [9.17, 15) is 13.2 Å². The number of benzene rings is 2. The van der Waals surface area contributed by atoms with E-state index in [4.69, 9.17) is 4.74 Å². The molecule has 0 bridgehead atoms. The second kappa shape index (κ2) is 12.4. The fraction of sp³-hybridized carbons (Fsp3) is 0.562. The van der Waals surface area contributed by atoms with Crippen molar-refractivity contribution >= 4 is 6.08 Å². The molecule has 0 N–H and O–H groups in total. The summed E-state index contributed by atoms with van der Waals surface area (Å²) in [5, 5.41) is 0. The van der Waals surface area contributed by atoms with Crippen molar-refractivity contribution in [3.05, 3.63) is 70.5 Å². The number of rotatable bonds is 8. The second-order valence-electron chi connectivity index (χ2n) is 11.5. The summed E-state index contributed by atoms with van der Waals surface area (Å²) >= 11 is 0. The first-order valence-electron chi connectivity index (χ1n) is 14.2. The van der Waals surface area contributed by atoms with Crippen molar-refractivity contribution in [2.75, 3.05) is 0 Å². The highest BCUT2D eigenvalue weighted by Crippen LogP contribution is 2.42. The van der Waals surface area contributed by atoms with Gasteiger partial charge in [-0.2, -0.15) is 22.0 Å². The van der Waals surface area contributed by atoms with Crippen molar-refractivity contribution < 1.29 is 31.1 Å². The summed E-state index contributed by atoms with van der Waals surface area (Å²) in [7, 11) is 0. The first kappa shape index (κ1) is 29.5. The summed E-state index contributed by atoms with van der Waals surface area (Å²) in [6, 6.07) is 7.79. The summed E-state index contributed by atoms with van der Waals surface area (Å²) < 4.78 is 91.5. The Kier molecular flexibility index (Phi) is 9.38. The first-order chi connectivity index (χ1) is 18.5. The predicted octanol–water partition coefficient (Wildman–Crippen LogP) is 10.9. The van der Waals surface area contributed by atoms with E-state index in [1.54, 1.807) is 18.2 Å². The van der Waals surface area contributed by atoms with Gasteiger partial charge in [-0.05, 0) is 91.5 Å². The Morgan fingerprint density at radius 3 is 2.08 bits per heavy atom. The minimum Gasteiger partial charge on any atom is -0.429 e. The molecule has 0 radical (unpaired) electrons. The largest absolute Gasteiger partial charge is 0.429 e. The number of allylic oxidation sites excluding steroid dienone is 1. The van der Waals surface area contributed by atoms with Crippen LogP contribution in [-0.4, -0.2) is 0 Å². The van der Waals surface area contributed by atoms with Gasteiger partial charge in [0.2, 0.25) is 0 Å². The molecule has 0 atom stereocenters. The molecule has 2 aliphatic rings. The first-order valence-corrected chi connectivity index (χ1v) is 14.2. The maximum Gasteiger partial charge on any atom is 0.429 e. The van der Waals surface area contributed by atoms with Crippen LogP contribution in [0.25, 0.3) is 6.08 Å². The summed E-state index contributed by atoms with van der Waals surface area (Å²) in [5.41, 5.74) is -2.57. The zero-order valence-electron chi connectivity index (χ0n) is 22.7. The second-order valence-corrected chi connectivity index (χ2v) is 11.5. The normalized spacial score (nSPS) is 24.7. The fourth-order valence-corrected chi connectivity index (χ4v) is 6.16. The lowest BCUT2D eigenvalue weighted by molar-refractivity contribution is -0.188. The maximum atomic E-state index is 15.1. The predicted molar refractivity (Wildman–Crippen MR) is 142 cm³/mol. The van der Waals surface area contributed by atoms with Crippen molar-refractivity contribution in [2.24, 2.45) is 17.8 Å². The Balaban J connectivity index is 1.50. The number of hydrogen-bond acceptors (Lipinski definition) is 1. The quantitative estimate of drug-likeness (QED) is 0.296. The summed E-state index contributed by atoms with van der Waals surface area (Å²) in [4.78, 5) is 0. The zero-order chi connectivity index (χ0) is 28.2. The van der Waals surface area contributed by atoms with Gasteiger partial charge in [0, 0.05) is 0 Å². The van der Waals surface area contributed by atoms with E-state index >= 15 is 13.2 Å². The molecule has 2 aromatic carbocycles. The molecule has 0 heterocycles. The van der Waals surface area contributed by atoms with Gasteiger partial charge >= 0.3 is 12.3 Å². The van der Waals surface area contributed by atoms with Crippen LogP contribution in [0.5, 0.6) is 5.75 Å². The van der Waals surface area contributed by atoms with Crippen LogP contribution in [0.2, 0.25) is 0 Å². The molecule has 0 saturated heterocycles. The summed E-state index contributed by atoms with van der Waals surface area (Å²) in [6.45, 7) is 4.31. The molecule has 39 heavy (non-hydrogen) atoms. The van der Waals surface area contributed by atoms with Gasteiger partial charge in [0.15, 0.2) is 0 Å². The molecule has 0 amide bonds. The van der Waals surface area contributed by atoms with Gasteiger partial charge in [-0.3, -0.25) is 0 Å². The minimum absolute atomic E-state index is 0.0872. The van der Waals surface area contributed by atoms with E-state index < -0.39 is 34.8 Å². The monoisotopic (exact) mass is 552 g/mol. The topological polar surface area (TPSA) is 9.23 Å². The standard InChI is InChI=1S/C32H38F6O/c1-3-4-22-9-12-24(13-10-22)25-15-18-27(19-16-25)39-32(37,38)28-20-17-26(29(30(28)33)31(34,35)36)14-11-23-7-5-21(2)6-8-23/h11,14-24H,3-10,12-13H2,1-2H3/b14-11+. The van der Waals surface area contributed by atoms with Crippen molar-refractivity contribution in [1.82, 2.24) is 0 Å². The van der Waals surface area contributed by atoms with Crippen molar-refractivity contribution in [3.63, 3.8) is 0 Å². The lowest BCUT2D eigenvalue weighted by Gasteiger charge is -2.28. The maximum absolute atomic E-state index is 15.1. The highest BCUT2D eigenvalue weighted by atomic mass is 19.4. The molecule has 0 unspecified atom stereocenters. The molecule has 214 valence electrons. The third kappa shape index (κ3) is 7.40. The van der Waals surface area contributed by atoms with E-state index in [0.29, 0.717) is 17.9 Å². The van der Waals surface area contributed by atoms with E-state index in [2.05, 4.69) is 13.8 Å². The fourth-order valence-electron chi connectivity index (χ4n) is 6.16. The molecule has 2 aromatic rings. The zero-order valence-corrected chi connectivity index (χ0v) is 22.7. The lowest BCUT2D eigenvalue weighted by atomic mass is 9.77. The highest BCUT2D eigenvalue weighted by molar-refractivity contribution is 5.57. The van der Waals surface area contributed by atoms with Gasteiger partial charge in [-0.25, -0.2) is 4.39 Å².